The Hall–Kier alpha value is -1.47. The molecule has 0 bridgehead atoms. The van der Waals surface area contributed by atoms with Crippen molar-refractivity contribution in [1.82, 2.24) is 25.0 Å². The van der Waals surface area contributed by atoms with E-state index in [2.05, 4.69) is 36.5 Å². The van der Waals surface area contributed by atoms with E-state index >= 15 is 0 Å². The van der Waals surface area contributed by atoms with E-state index in [-0.39, 0.29) is 12.5 Å². The molecule has 2 aromatic rings. The summed E-state index contributed by atoms with van der Waals surface area (Å²) in [5.74, 6) is -0.0401. The summed E-state index contributed by atoms with van der Waals surface area (Å²) in [7, 11) is 1.61. The minimum absolute atomic E-state index is 0.0401. The van der Waals surface area contributed by atoms with E-state index in [1.165, 1.54) is 0 Å². The lowest BCUT2D eigenvalue weighted by atomic mass is 10.4. The molecule has 1 amide bonds. The number of carbonyl (C=O) groups is 1. The van der Waals surface area contributed by atoms with Crippen LogP contribution in [0.15, 0.2) is 23.2 Å². The third kappa shape index (κ3) is 2.80. The Morgan fingerprint density at radius 2 is 2.29 bits per heavy atom. The molecule has 0 fully saturated rings. The normalized spacial score (nSPS) is 10.7. The standard InChI is InChI=1S/C10H12BrN5O/c1-12-10(17)5-13-2-7-3-15-9-4-14-8(11)6-16(7)9/h3-4,6,13H,2,5H2,1H3,(H,12,17). The molecule has 2 N–H and O–H groups in total. The number of nitrogens with one attached hydrogen (secondary N) is 2. The average molecular weight is 298 g/mol. The van der Waals surface area contributed by atoms with Crippen LogP contribution in [-0.2, 0) is 11.3 Å². The van der Waals surface area contributed by atoms with Gasteiger partial charge in [0, 0.05) is 19.8 Å². The van der Waals surface area contributed by atoms with Gasteiger partial charge in [-0.2, -0.15) is 0 Å². The number of hydrogen-bond donors (Lipinski definition) is 2. The Balaban J connectivity index is 2.08. The highest BCUT2D eigenvalue weighted by molar-refractivity contribution is 9.10. The van der Waals surface area contributed by atoms with Crippen LogP contribution in [0, 0.1) is 0 Å². The van der Waals surface area contributed by atoms with E-state index in [0.29, 0.717) is 6.54 Å². The number of amides is 1. The van der Waals surface area contributed by atoms with Gasteiger partial charge < -0.3 is 10.6 Å². The molecule has 2 rings (SSSR count). The highest BCUT2D eigenvalue weighted by Gasteiger charge is 2.04. The topological polar surface area (TPSA) is 71.3 Å². The molecule has 2 heterocycles. The number of nitrogens with zero attached hydrogens (tertiary/aromatic N) is 3. The summed E-state index contributed by atoms with van der Waals surface area (Å²) in [4.78, 5) is 19.4. The lowest BCUT2D eigenvalue weighted by Crippen LogP contribution is -2.31. The number of likely N-dealkylation sites (N-methyl/N-ethyl adjacent to an activating group) is 1. The van der Waals surface area contributed by atoms with Crippen LogP contribution in [0.3, 0.4) is 0 Å². The van der Waals surface area contributed by atoms with Gasteiger partial charge in [-0.15, -0.1) is 0 Å². The first-order valence-electron chi connectivity index (χ1n) is 5.09. The van der Waals surface area contributed by atoms with Crippen LogP contribution in [0.1, 0.15) is 5.69 Å². The van der Waals surface area contributed by atoms with Crippen LogP contribution in [0.25, 0.3) is 5.65 Å². The maximum Gasteiger partial charge on any atom is 0.233 e. The van der Waals surface area contributed by atoms with Crippen molar-refractivity contribution in [1.29, 1.82) is 0 Å². The Labute approximate surface area is 107 Å². The first-order valence-corrected chi connectivity index (χ1v) is 5.89. The van der Waals surface area contributed by atoms with Crippen molar-refractivity contribution in [2.75, 3.05) is 13.6 Å². The molecule has 0 spiro atoms. The Kier molecular flexibility index (Phi) is 3.70. The third-order valence-corrected chi connectivity index (χ3v) is 2.72. The molecule has 0 saturated heterocycles. The molecular formula is C10H12BrN5O. The van der Waals surface area contributed by atoms with Gasteiger partial charge in [0.2, 0.25) is 5.91 Å². The fourth-order valence-corrected chi connectivity index (χ4v) is 1.75. The van der Waals surface area contributed by atoms with Crippen LogP contribution in [0.2, 0.25) is 0 Å². The predicted octanol–water partition coefficient (Wildman–Crippen LogP) is 0.327. The van der Waals surface area contributed by atoms with Crippen LogP contribution in [0.4, 0.5) is 0 Å². The molecule has 2 aromatic heterocycles. The number of imidazole rings is 1. The molecule has 0 aliphatic heterocycles. The minimum Gasteiger partial charge on any atom is -0.358 e. The summed E-state index contributed by atoms with van der Waals surface area (Å²) in [6.07, 6.45) is 5.30. The van der Waals surface area contributed by atoms with Gasteiger partial charge in [0.25, 0.3) is 0 Å². The summed E-state index contributed by atoms with van der Waals surface area (Å²) >= 11 is 3.31. The monoisotopic (exact) mass is 297 g/mol. The lowest BCUT2D eigenvalue weighted by Gasteiger charge is -2.04. The van der Waals surface area contributed by atoms with Gasteiger partial charge in [-0.25, -0.2) is 9.97 Å². The second-order valence-corrected chi connectivity index (χ2v) is 4.28. The maximum atomic E-state index is 11.0. The van der Waals surface area contributed by atoms with Gasteiger partial charge >= 0.3 is 0 Å². The zero-order chi connectivity index (χ0) is 12.3. The molecule has 0 aliphatic rings. The number of aromatic nitrogens is 3. The Bertz CT molecular complexity index is 538. The van der Waals surface area contributed by atoms with Crippen molar-refractivity contribution in [2.45, 2.75) is 6.54 Å². The molecule has 90 valence electrons. The number of fused-ring (bicyclic) bond motifs is 1. The highest BCUT2D eigenvalue weighted by atomic mass is 79.9. The summed E-state index contributed by atoms with van der Waals surface area (Å²) < 4.78 is 2.67. The lowest BCUT2D eigenvalue weighted by molar-refractivity contribution is -0.119. The Morgan fingerprint density at radius 3 is 3.06 bits per heavy atom. The fourth-order valence-electron chi connectivity index (χ4n) is 1.44. The SMILES string of the molecule is CNC(=O)CNCc1cnc2cnc(Br)cn12. The molecule has 0 saturated carbocycles. The second kappa shape index (κ2) is 5.24. The van der Waals surface area contributed by atoms with E-state index < -0.39 is 0 Å². The number of halogens is 1. The van der Waals surface area contributed by atoms with Crippen LogP contribution < -0.4 is 10.6 Å². The molecule has 0 radical (unpaired) electrons. The molecule has 0 unspecified atom stereocenters. The smallest absolute Gasteiger partial charge is 0.233 e. The second-order valence-electron chi connectivity index (χ2n) is 3.46. The fraction of sp³-hybridized carbons (Fsp3) is 0.300. The van der Waals surface area contributed by atoms with Crippen molar-refractivity contribution in [2.24, 2.45) is 0 Å². The number of hydrogen-bond acceptors (Lipinski definition) is 4. The first kappa shape index (κ1) is 12.0. The van der Waals surface area contributed by atoms with Gasteiger partial charge in [0.1, 0.15) is 4.60 Å². The van der Waals surface area contributed by atoms with Gasteiger partial charge in [-0.05, 0) is 15.9 Å². The average Bonchev–Trinajstić information content (AvgIpc) is 2.72. The zero-order valence-corrected chi connectivity index (χ0v) is 10.9. The zero-order valence-electron chi connectivity index (χ0n) is 9.27. The van der Waals surface area contributed by atoms with Crippen molar-refractivity contribution in [3.05, 3.63) is 28.9 Å². The largest absolute Gasteiger partial charge is 0.358 e. The van der Waals surface area contributed by atoms with Gasteiger partial charge in [0.05, 0.1) is 24.6 Å². The number of rotatable bonds is 4. The van der Waals surface area contributed by atoms with Crippen molar-refractivity contribution < 1.29 is 4.79 Å². The molecule has 6 nitrogen and oxygen atoms in total. The van der Waals surface area contributed by atoms with E-state index in [1.807, 2.05) is 10.6 Å². The van der Waals surface area contributed by atoms with E-state index in [0.717, 1.165) is 15.9 Å². The van der Waals surface area contributed by atoms with E-state index in [4.69, 9.17) is 0 Å². The van der Waals surface area contributed by atoms with E-state index in [1.54, 1.807) is 19.4 Å². The molecular weight excluding hydrogens is 286 g/mol. The molecule has 0 aromatic carbocycles. The Morgan fingerprint density at radius 1 is 1.47 bits per heavy atom. The third-order valence-electron chi connectivity index (χ3n) is 2.31. The van der Waals surface area contributed by atoms with Gasteiger partial charge in [-0.1, -0.05) is 0 Å². The summed E-state index contributed by atoms with van der Waals surface area (Å²) in [5, 5.41) is 5.59. The highest BCUT2D eigenvalue weighted by Crippen LogP contribution is 2.10. The maximum absolute atomic E-state index is 11.0. The summed E-state index contributed by atoms with van der Waals surface area (Å²) in [5.41, 5.74) is 1.76. The van der Waals surface area contributed by atoms with Crippen LogP contribution in [0.5, 0.6) is 0 Å². The van der Waals surface area contributed by atoms with Crippen molar-refractivity contribution in [3.8, 4) is 0 Å². The minimum atomic E-state index is -0.0401. The summed E-state index contributed by atoms with van der Waals surface area (Å²) in [6.45, 7) is 0.862. The van der Waals surface area contributed by atoms with Crippen LogP contribution >= 0.6 is 15.9 Å². The number of carbonyl (C=O) groups excluding carboxylic acids is 1. The predicted molar refractivity (Wildman–Crippen MR) is 66.5 cm³/mol. The van der Waals surface area contributed by atoms with Crippen molar-refractivity contribution in [3.63, 3.8) is 0 Å². The van der Waals surface area contributed by atoms with Gasteiger partial charge in [0.15, 0.2) is 5.65 Å². The quantitative estimate of drug-likeness (QED) is 0.853. The molecule has 0 aliphatic carbocycles. The van der Waals surface area contributed by atoms with E-state index in [9.17, 15) is 4.79 Å². The molecule has 0 atom stereocenters. The van der Waals surface area contributed by atoms with Crippen LogP contribution in [-0.4, -0.2) is 33.9 Å². The summed E-state index contributed by atoms with van der Waals surface area (Å²) in [6, 6.07) is 0. The van der Waals surface area contributed by atoms with Gasteiger partial charge in [-0.3, -0.25) is 9.20 Å². The molecule has 7 heteroatoms. The van der Waals surface area contributed by atoms with Crippen molar-refractivity contribution >= 4 is 27.5 Å². The molecule has 17 heavy (non-hydrogen) atoms. The first-order chi connectivity index (χ1) is 8.20.